The first-order chi connectivity index (χ1) is 6.84. The van der Waals surface area contributed by atoms with Crippen LogP contribution in [-0.2, 0) is 0 Å². The summed E-state index contributed by atoms with van der Waals surface area (Å²) in [6.07, 6.45) is 1.50. The molecule has 14 heavy (non-hydrogen) atoms. The molecule has 68 valence electrons. The molecule has 2 aromatic heterocycles. The van der Waals surface area contributed by atoms with Gasteiger partial charge in [0.15, 0.2) is 0 Å². The molecule has 0 aliphatic rings. The predicted octanol–water partition coefficient (Wildman–Crippen LogP) is 2.27. The van der Waals surface area contributed by atoms with E-state index in [4.69, 9.17) is 4.42 Å². The van der Waals surface area contributed by atoms with Crippen LogP contribution in [0.3, 0.4) is 0 Å². The van der Waals surface area contributed by atoms with Crippen LogP contribution in [0.4, 0.5) is 0 Å². The molecule has 0 unspecified atom stereocenters. The second kappa shape index (κ2) is 2.48. The summed E-state index contributed by atoms with van der Waals surface area (Å²) >= 11 is 0. The molecule has 0 aliphatic heterocycles. The maximum absolute atomic E-state index is 11.0. The van der Waals surface area contributed by atoms with E-state index in [2.05, 4.69) is 4.98 Å². The first-order valence-corrected chi connectivity index (χ1v) is 4.34. The number of nitrogens with one attached hydrogen (secondary N) is 1. The van der Waals surface area contributed by atoms with Crippen LogP contribution in [0.1, 0.15) is 0 Å². The monoisotopic (exact) mass is 185 g/mol. The Morgan fingerprint density at radius 1 is 1.07 bits per heavy atom. The van der Waals surface area contributed by atoms with Crippen molar-refractivity contribution in [1.82, 2.24) is 4.98 Å². The zero-order valence-corrected chi connectivity index (χ0v) is 7.28. The summed E-state index contributed by atoms with van der Waals surface area (Å²) in [5.41, 5.74) is 1.51. The summed E-state index contributed by atoms with van der Waals surface area (Å²) in [6, 6.07) is 9.34. The number of benzene rings is 1. The van der Waals surface area contributed by atoms with Crippen LogP contribution in [0.15, 0.2) is 45.8 Å². The molecular formula is C11H7NO2. The highest BCUT2D eigenvalue weighted by atomic mass is 16.4. The highest BCUT2D eigenvalue weighted by Crippen LogP contribution is 2.23. The predicted molar refractivity (Wildman–Crippen MR) is 54.3 cm³/mol. The fourth-order valence-corrected chi connectivity index (χ4v) is 1.69. The van der Waals surface area contributed by atoms with Gasteiger partial charge in [0.05, 0.1) is 5.52 Å². The molecule has 1 N–H and O–H groups in total. The van der Waals surface area contributed by atoms with Gasteiger partial charge >= 0.3 is 5.63 Å². The zero-order chi connectivity index (χ0) is 9.54. The Bertz CT molecular complexity index is 663. The van der Waals surface area contributed by atoms with Crippen LogP contribution in [0.5, 0.6) is 0 Å². The van der Waals surface area contributed by atoms with Gasteiger partial charge < -0.3 is 9.40 Å². The number of hydrogen-bond acceptors (Lipinski definition) is 2. The van der Waals surface area contributed by atoms with Gasteiger partial charge in [0, 0.05) is 22.4 Å². The van der Waals surface area contributed by atoms with Gasteiger partial charge in [-0.1, -0.05) is 18.2 Å². The zero-order valence-electron chi connectivity index (χ0n) is 7.28. The molecule has 0 fully saturated rings. The second-order valence-corrected chi connectivity index (χ2v) is 3.20. The highest BCUT2D eigenvalue weighted by Gasteiger charge is 2.03. The second-order valence-electron chi connectivity index (χ2n) is 3.20. The Morgan fingerprint density at radius 3 is 2.86 bits per heavy atom. The van der Waals surface area contributed by atoms with Gasteiger partial charge in [0.2, 0.25) is 0 Å². The third-order valence-corrected chi connectivity index (χ3v) is 2.33. The number of rotatable bonds is 0. The van der Waals surface area contributed by atoms with Gasteiger partial charge in [-0.15, -0.1) is 0 Å². The minimum Gasteiger partial charge on any atom is -0.431 e. The third kappa shape index (κ3) is 0.893. The van der Waals surface area contributed by atoms with E-state index >= 15 is 0 Å². The molecule has 0 saturated carbocycles. The van der Waals surface area contributed by atoms with Gasteiger partial charge in [-0.25, -0.2) is 4.79 Å². The Labute approximate surface area is 79.0 Å². The van der Waals surface area contributed by atoms with Crippen molar-refractivity contribution >= 4 is 21.8 Å². The number of aromatic amines is 1. The van der Waals surface area contributed by atoms with Crippen LogP contribution in [0, 0.1) is 0 Å². The van der Waals surface area contributed by atoms with E-state index in [-0.39, 0.29) is 5.63 Å². The first-order valence-electron chi connectivity index (χ1n) is 4.34. The van der Waals surface area contributed by atoms with Crippen LogP contribution < -0.4 is 5.63 Å². The lowest BCUT2D eigenvalue weighted by atomic mass is 10.2. The molecule has 3 heteroatoms. The Balaban J connectivity index is 2.63. The number of fused-ring (bicyclic) bond motifs is 3. The van der Waals surface area contributed by atoms with E-state index in [0.29, 0.717) is 0 Å². The van der Waals surface area contributed by atoms with Gasteiger partial charge in [-0.2, -0.15) is 0 Å². The summed E-state index contributed by atoms with van der Waals surface area (Å²) in [5.74, 6) is 0. The molecule has 3 aromatic rings. The number of para-hydroxylation sites is 1. The molecular weight excluding hydrogens is 178 g/mol. The van der Waals surface area contributed by atoms with Crippen molar-refractivity contribution in [1.29, 1.82) is 0 Å². The van der Waals surface area contributed by atoms with Crippen LogP contribution in [0.25, 0.3) is 21.8 Å². The molecule has 2 heterocycles. The maximum Gasteiger partial charge on any atom is 0.337 e. The minimum absolute atomic E-state index is 0.330. The van der Waals surface area contributed by atoms with Crippen LogP contribution >= 0.6 is 0 Å². The van der Waals surface area contributed by atoms with E-state index in [1.807, 2.05) is 24.3 Å². The van der Waals surface area contributed by atoms with E-state index in [9.17, 15) is 4.79 Å². The van der Waals surface area contributed by atoms with E-state index < -0.39 is 0 Å². The Kier molecular flexibility index (Phi) is 1.31. The molecule has 3 rings (SSSR count). The molecule has 0 aliphatic carbocycles. The average Bonchev–Trinajstić information content (AvgIpc) is 2.54. The van der Waals surface area contributed by atoms with Crippen LogP contribution in [-0.4, -0.2) is 4.98 Å². The molecule has 1 aromatic carbocycles. The number of hydrogen-bond donors (Lipinski definition) is 1. The molecule has 0 saturated heterocycles. The molecule has 0 spiro atoms. The molecule has 0 amide bonds. The van der Waals surface area contributed by atoms with Crippen molar-refractivity contribution in [2.45, 2.75) is 0 Å². The number of aromatic nitrogens is 1. The molecule has 0 atom stereocenters. The topological polar surface area (TPSA) is 46.0 Å². The van der Waals surface area contributed by atoms with Crippen molar-refractivity contribution in [3.63, 3.8) is 0 Å². The lowest BCUT2D eigenvalue weighted by Crippen LogP contribution is -1.93. The quantitative estimate of drug-likeness (QED) is 0.584. The summed E-state index contributed by atoms with van der Waals surface area (Å²) in [5, 5.41) is 2.02. The van der Waals surface area contributed by atoms with Crippen LogP contribution in [0.2, 0.25) is 0 Å². The lowest BCUT2D eigenvalue weighted by molar-refractivity contribution is 0.518. The minimum atomic E-state index is -0.330. The van der Waals surface area contributed by atoms with Gasteiger partial charge in [-0.3, -0.25) is 0 Å². The molecule has 0 radical (unpaired) electrons. The fourth-order valence-electron chi connectivity index (χ4n) is 1.69. The summed E-state index contributed by atoms with van der Waals surface area (Å²) in [4.78, 5) is 14.1. The number of H-pyrrole nitrogens is 1. The summed E-state index contributed by atoms with van der Waals surface area (Å²) < 4.78 is 4.83. The van der Waals surface area contributed by atoms with Crippen molar-refractivity contribution in [3.8, 4) is 0 Å². The molecule has 3 nitrogen and oxygen atoms in total. The smallest absolute Gasteiger partial charge is 0.337 e. The first kappa shape index (κ1) is 7.38. The van der Waals surface area contributed by atoms with E-state index in [0.717, 1.165) is 21.8 Å². The Hall–Kier alpha value is -2.03. The van der Waals surface area contributed by atoms with Crippen molar-refractivity contribution in [3.05, 3.63) is 47.0 Å². The van der Waals surface area contributed by atoms with Crippen molar-refractivity contribution in [2.75, 3.05) is 0 Å². The van der Waals surface area contributed by atoms with E-state index in [1.165, 1.54) is 12.3 Å². The third-order valence-electron chi connectivity index (χ3n) is 2.33. The highest BCUT2D eigenvalue weighted by molar-refractivity contribution is 6.06. The van der Waals surface area contributed by atoms with Crippen molar-refractivity contribution < 1.29 is 4.42 Å². The maximum atomic E-state index is 11.0. The standard InChI is InChI=1S/C11H7NO2/c13-11-5-10-8(6-14-11)7-3-1-2-4-9(7)12-10/h1-6,12H. The average molecular weight is 185 g/mol. The van der Waals surface area contributed by atoms with Gasteiger partial charge in [-0.05, 0) is 6.07 Å². The SMILES string of the molecule is O=c1cc2[nH]c3ccccc3c2co1. The fraction of sp³-hybridized carbons (Fsp3) is 0. The van der Waals surface area contributed by atoms with E-state index in [1.54, 1.807) is 0 Å². The lowest BCUT2D eigenvalue weighted by Gasteiger charge is -1.87. The van der Waals surface area contributed by atoms with Crippen molar-refractivity contribution in [2.24, 2.45) is 0 Å². The van der Waals surface area contributed by atoms with Gasteiger partial charge in [0.25, 0.3) is 0 Å². The molecule has 0 bridgehead atoms. The Morgan fingerprint density at radius 2 is 1.93 bits per heavy atom. The summed E-state index contributed by atoms with van der Waals surface area (Å²) in [7, 11) is 0. The normalized spacial score (nSPS) is 11.1. The van der Waals surface area contributed by atoms with Gasteiger partial charge in [0.1, 0.15) is 6.26 Å². The summed E-state index contributed by atoms with van der Waals surface area (Å²) in [6.45, 7) is 0. The largest absolute Gasteiger partial charge is 0.431 e.